The molecule has 0 aliphatic rings. The molecule has 114 valence electrons. The minimum absolute atomic E-state index is 0.0557. The molecule has 0 saturated carbocycles. The second kappa shape index (κ2) is 6.40. The first kappa shape index (κ1) is 15.0. The minimum Gasteiger partial charge on any atom is -0.347 e. The summed E-state index contributed by atoms with van der Waals surface area (Å²) in [6.45, 7) is 5.56. The van der Waals surface area contributed by atoms with Crippen molar-refractivity contribution in [3.8, 4) is 0 Å². The van der Waals surface area contributed by atoms with Gasteiger partial charge < -0.3 is 19.6 Å². The molecule has 0 spiro atoms. The number of rotatable bonds is 6. The topological polar surface area (TPSA) is 91.8 Å². The maximum Gasteiger partial charge on any atom is 0.242 e. The molecule has 0 bridgehead atoms. The third-order valence-electron chi connectivity index (χ3n) is 3.35. The van der Waals surface area contributed by atoms with Crippen LogP contribution in [0.25, 0.3) is 5.65 Å². The van der Waals surface area contributed by atoms with Gasteiger partial charge in [-0.15, -0.1) is 0 Å². The fraction of sp³-hybridized carbons (Fsp3) is 0.462. The van der Waals surface area contributed by atoms with Gasteiger partial charge in [-0.05, 0) is 13.8 Å². The van der Waals surface area contributed by atoms with Gasteiger partial charge >= 0.3 is 0 Å². The molecule has 0 unspecified atom stereocenters. The molecule has 0 radical (unpaired) electrons. The molecule has 0 fully saturated rings. The van der Waals surface area contributed by atoms with E-state index in [-0.39, 0.29) is 12.5 Å². The lowest BCUT2D eigenvalue weighted by Gasteiger charge is -2.24. The van der Waals surface area contributed by atoms with Crippen LogP contribution in [0.4, 0.5) is 11.6 Å². The zero-order valence-electron chi connectivity index (χ0n) is 12.6. The van der Waals surface area contributed by atoms with Gasteiger partial charge in [-0.1, -0.05) is 0 Å². The number of likely N-dealkylation sites (N-methyl/N-ethyl adjacent to an activating group) is 2. The average Bonchev–Trinajstić information content (AvgIpc) is 2.95. The largest absolute Gasteiger partial charge is 0.347 e. The summed E-state index contributed by atoms with van der Waals surface area (Å²) in [5.41, 5.74) is 3.20. The number of nitrogens with zero attached hydrogens (tertiary/aromatic N) is 5. The molecule has 8 heteroatoms. The molecule has 1 amide bonds. The monoisotopic (exact) mass is 291 g/mol. The summed E-state index contributed by atoms with van der Waals surface area (Å²) in [6.07, 6.45) is 5.23. The van der Waals surface area contributed by atoms with Crippen LogP contribution < -0.4 is 16.2 Å². The van der Waals surface area contributed by atoms with Crippen molar-refractivity contribution in [1.29, 1.82) is 0 Å². The van der Waals surface area contributed by atoms with Crippen LogP contribution in [-0.4, -0.2) is 51.9 Å². The average molecular weight is 291 g/mol. The lowest BCUT2D eigenvalue weighted by molar-refractivity contribution is -0.129. The van der Waals surface area contributed by atoms with E-state index in [1.165, 1.54) is 0 Å². The Bertz CT molecular complexity index is 620. The van der Waals surface area contributed by atoms with E-state index in [9.17, 15) is 4.79 Å². The fourth-order valence-corrected chi connectivity index (χ4v) is 2.19. The lowest BCUT2D eigenvalue weighted by Crippen LogP contribution is -2.39. The van der Waals surface area contributed by atoms with Crippen molar-refractivity contribution in [2.24, 2.45) is 5.84 Å². The van der Waals surface area contributed by atoms with Gasteiger partial charge in [0.15, 0.2) is 17.3 Å². The number of anilines is 2. The summed E-state index contributed by atoms with van der Waals surface area (Å²) >= 11 is 0. The molecule has 21 heavy (non-hydrogen) atoms. The third kappa shape index (κ3) is 3.05. The van der Waals surface area contributed by atoms with Crippen LogP contribution in [0.2, 0.25) is 0 Å². The maximum absolute atomic E-state index is 12.2. The minimum atomic E-state index is 0.0557. The number of amides is 1. The smallest absolute Gasteiger partial charge is 0.242 e. The highest BCUT2D eigenvalue weighted by atomic mass is 16.2. The number of fused-ring (bicyclic) bond motifs is 1. The molecular weight excluding hydrogens is 270 g/mol. The number of nitrogens with two attached hydrogens (primary N) is 1. The molecule has 2 heterocycles. The second-order valence-corrected chi connectivity index (χ2v) is 4.67. The van der Waals surface area contributed by atoms with E-state index in [4.69, 9.17) is 5.84 Å². The quantitative estimate of drug-likeness (QED) is 0.588. The molecule has 2 aromatic rings. The number of hydrogen-bond donors (Lipinski definition) is 2. The summed E-state index contributed by atoms with van der Waals surface area (Å²) in [5, 5.41) is 0. The number of nitrogens with one attached hydrogen (secondary N) is 1. The summed E-state index contributed by atoms with van der Waals surface area (Å²) in [4.78, 5) is 24.4. The second-order valence-electron chi connectivity index (χ2n) is 4.67. The van der Waals surface area contributed by atoms with Gasteiger partial charge in [0.05, 0.1) is 12.7 Å². The Morgan fingerprint density at radius 3 is 2.76 bits per heavy atom. The van der Waals surface area contributed by atoms with Crippen molar-refractivity contribution >= 4 is 23.2 Å². The van der Waals surface area contributed by atoms with Gasteiger partial charge in [0.1, 0.15) is 0 Å². The van der Waals surface area contributed by atoms with Crippen molar-refractivity contribution in [3.63, 3.8) is 0 Å². The van der Waals surface area contributed by atoms with Crippen molar-refractivity contribution in [2.75, 3.05) is 37.0 Å². The lowest BCUT2D eigenvalue weighted by atomic mass is 10.4. The Labute approximate surface area is 123 Å². The molecule has 8 nitrogen and oxygen atoms in total. The van der Waals surface area contributed by atoms with Gasteiger partial charge in [0.25, 0.3) is 0 Å². The Morgan fingerprint density at radius 2 is 2.14 bits per heavy atom. The number of carbonyl (C=O) groups excluding carboxylic acids is 1. The van der Waals surface area contributed by atoms with Gasteiger partial charge in [0, 0.05) is 32.5 Å². The molecule has 2 rings (SSSR count). The molecule has 0 saturated heterocycles. The summed E-state index contributed by atoms with van der Waals surface area (Å²) in [7, 11) is 1.82. The highest BCUT2D eigenvalue weighted by molar-refractivity contribution is 5.82. The fourth-order valence-electron chi connectivity index (χ4n) is 2.19. The van der Waals surface area contributed by atoms with Crippen molar-refractivity contribution in [1.82, 2.24) is 19.3 Å². The molecule has 0 aromatic carbocycles. The zero-order chi connectivity index (χ0) is 15.4. The zero-order valence-corrected chi connectivity index (χ0v) is 12.6. The van der Waals surface area contributed by atoms with Crippen molar-refractivity contribution in [3.05, 3.63) is 18.6 Å². The summed E-state index contributed by atoms with van der Waals surface area (Å²) in [5.74, 6) is 6.61. The Kier molecular flexibility index (Phi) is 4.59. The van der Waals surface area contributed by atoms with Crippen LogP contribution in [0.3, 0.4) is 0 Å². The van der Waals surface area contributed by atoms with E-state index in [2.05, 4.69) is 15.4 Å². The van der Waals surface area contributed by atoms with E-state index in [0.29, 0.717) is 30.4 Å². The van der Waals surface area contributed by atoms with Crippen LogP contribution in [0, 0.1) is 0 Å². The molecule has 3 N–H and O–H groups in total. The van der Waals surface area contributed by atoms with Crippen LogP contribution >= 0.6 is 0 Å². The van der Waals surface area contributed by atoms with Crippen LogP contribution in [0.5, 0.6) is 0 Å². The molecule has 0 aliphatic carbocycles. The number of aromatic nitrogens is 3. The highest BCUT2D eigenvalue weighted by Gasteiger charge is 2.17. The van der Waals surface area contributed by atoms with Crippen LogP contribution in [0.1, 0.15) is 13.8 Å². The van der Waals surface area contributed by atoms with E-state index < -0.39 is 0 Å². The van der Waals surface area contributed by atoms with E-state index in [1.54, 1.807) is 28.4 Å². The van der Waals surface area contributed by atoms with Gasteiger partial charge in [-0.3, -0.25) is 4.79 Å². The first-order valence-electron chi connectivity index (χ1n) is 6.89. The number of hydrazine groups is 1. The Hall–Kier alpha value is -2.35. The van der Waals surface area contributed by atoms with E-state index in [1.807, 2.05) is 25.3 Å². The molecular formula is C13H21N7O. The van der Waals surface area contributed by atoms with Gasteiger partial charge in [-0.25, -0.2) is 15.8 Å². The van der Waals surface area contributed by atoms with Gasteiger partial charge in [0.2, 0.25) is 5.91 Å². The predicted molar refractivity (Wildman–Crippen MR) is 82.0 cm³/mol. The SMILES string of the molecule is CCN(CC)C(=O)CN(C)c1nc(NN)cn2ccnc12. The predicted octanol–water partition coefficient (Wildman–Crippen LogP) is 0.320. The van der Waals surface area contributed by atoms with E-state index >= 15 is 0 Å². The number of nitrogen functional groups attached to an aromatic ring is 1. The Balaban J connectivity index is 2.28. The maximum atomic E-state index is 12.2. The summed E-state index contributed by atoms with van der Waals surface area (Å²) < 4.78 is 1.82. The number of carbonyl (C=O) groups is 1. The van der Waals surface area contributed by atoms with Crippen LogP contribution in [0.15, 0.2) is 18.6 Å². The highest BCUT2D eigenvalue weighted by Crippen LogP contribution is 2.19. The first-order valence-corrected chi connectivity index (χ1v) is 6.89. The molecule has 2 aromatic heterocycles. The van der Waals surface area contributed by atoms with Gasteiger partial charge in [-0.2, -0.15) is 0 Å². The van der Waals surface area contributed by atoms with Crippen molar-refractivity contribution < 1.29 is 4.79 Å². The van der Waals surface area contributed by atoms with Crippen molar-refractivity contribution in [2.45, 2.75) is 13.8 Å². The Morgan fingerprint density at radius 1 is 1.43 bits per heavy atom. The summed E-state index contributed by atoms with van der Waals surface area (Å²) in [6, 6.07) is 0. The van der Waals surface area contributed by atoms with E-state index in [0.717, 1.165) is 0 Å². The van der Waals surface area contributed by atoms with Crippen LogP contribution in [-0.2, 0) is 4.79 Å². The number of hydrogen-bond acceptors (Lipinski definition) is 6. The number of imidazole rings is 1. The molecule has 0 atom stereocenters. The standard InChI is InChI=1S/C13H21N7O/c1-4-19(5-2)11(21)9-18(3)13-12-15-6-7-20(12)8-10(16-13)17-14/h6-8,17H,4-5,9,14H2,1-3H3. The third-order valence-corrected chi connectivity index (χ3v) is 3.35. The molecule has 0 aliphatic heterocycles. The normalized spacial score (nSPS) is 10.7. The first-order chi connectivity index (χ1) is 10.1.